The number of nitrogens with zero attached hydrogens (tertiary/aromatic N) is 1. The van der Waals surface area contributed by atoms with Crippen LogP contribution in [-0.2, 0) is 10.0 Å². The molecular formula is C18H18BrFN2O3S. The van der Waals surface area contributed by atoms with Crippen molar-refractivity contribution in [2.24, 2.45) is 5.92 Å². The molecule has 2 aromatic carbocycles. The highest BCUT2D eigenvalue weighted by Gasteiger charge is 2.48. The minimum atomic E-state index is -3.77. The van der Waals surface area contributed by atoms with E-state index in [1.165, 1.54) is 16.4 Å². The van der Waals surface area contributed by atoms with Crippen molar-refractivity contribution in [1.82, 2.24) is 4.31 Å². The molecule has 0 spiro atoms. The molecule has 0 saturated carbocycles. The molecule has 1 saturated heterocycles. The van der Waals surface area contributed by atoms with Crippen molar-refractivity contribution < 1.29 is 17.9 Å². The van der Waals surface area contributed by atoms with E-state index in [0.29, 0.717) is 13.0 Å². The van der Waals surface area contributed by atoms with E-state index in [2.05, 4.69) is 21.2 Å². The maximum Gasteiger partial charge on any atom is 0.243 e. The van der Waals surface area contributed by atoms with E-state index < -0.39 is 15.8 Å². The zero-order valence-electron chi connectivity index (χ0n) is 13.8. The molecule has 138 valence electrons. The lowest BCUT2D eigenvalue weighted by Crippen LogP contribution is -2.42. The van der Waals surface area contributed by atoms with E-state index in [-0.39, 0.29) is 29.5 Å². The Bertz CT molecular complexity index is 936. The van der Waals surface area contributed by atoms with E-state index >= 15 is 0 Å². The number of benzene rings is 2. The van der Waals surface area contributed by atoms with Crippen molar-refractivity contribution in [3.8, 4) is 0 Å². The quantitative estimate of drug-likeness (QED) is 0.768. The van der Waals surface area contributed by atoms with E-state index in [9.17, 15) is 17.9 Å². The molecule has 2 aliphatic rings. The average molecular weight is 441 g/mol. The van der Waals surface area contributed by atoms with Crippen molar-refractivity contribution in [2.75, 3.05) is 18.5 Å². The van der Waals surface area contributed by atoms with Crippen LogP contribution in [-0.4, -0.2) is 37.0 Å². The summed E-state index contributed by atoms with van der Waals surface area (Å²) in [6, 6.07) is 10.0. The maximum atomic E-state index is 13.2. The van der Waals surface area contributed by atoms with E-state index in [4.69, 9.17) is 0 Å². The number of rotatable bonds is 3. The molecule has 0 aliphatic carbocycles. The van der Waals surface area contributed by atoms with Gasteiger partial charge in [-0.15, -0.1) is 0 Å². The monoisotopic (exact) mass is 440 g/mol. The normalized spacial score (nSPS) is 25.4. The molecule has 2 aromatic rings. The molecule has 0 amide bonds. The Morgan fingerprint density at radius 1 is 1.23 bits per heavy atom. The molecule has 1 fully saturated rings. The number of fused-ring (bicyclic) bond motifs is 3. The van der Waals surface area contributed by atoms with Crippen LogP contribution < -0.4 is 5.32 Å². The summed E-state index contributed by atoms with van der Waals surface area (Å²) in [6.07, 6.45) is 0.648. The van der Waals surface area contributed by atoms with Gasteiger partial charge in [-0.1, -0.05) is 15.9 Å². The molecule has 0 radical (unpaired) electrons. The van der Waals surface area contributed by atoms with Crippen LogP contribution in [0.25, 0.3) is 0 Å². The van der Waals surface area contributed by atoms with Crippen LogP contribution in [0.1, 0.15) is 18.0 Å². The first-order valence-electron chi connectivity index (χ1n) is 8.36. The Hall–Kier alpha value is -1.48. The summed E-state index contributed by atoms with van der Waals surface area (Å²) in [6.45, 7) is 0.292. The highest BCUT2D eigenvalue weighted by Crippen LogP contribution is 2.48. The predicted octanol–water partition coefficient (Wildman–Crippen LogP) is 3.13. The van der Waals surface area contributed by atoms with Crippen LogP contribution in [0.2, 0.25) is 0 Å². The Balaban J connectivity index is 1.81. The van der Waals surface area contributed by atoms with Crippen LogP contribution in [0.4, 0.5) is 10.1 Å². The van der Waals surface area contributed by atoms with Gasteiger partial charge in [-0.2, -0.15) is 4.31 Å². The van der Waals surface area contributed by atoms with Crippen LogP contribution in [0, 0.1) is 11.7 Å². The van der Waals surface area contributed by atoms with Crippen molar-refractivity contribution >= 4 is 31.6 Å². The summed E-state index contributed by atoms with van der Waals surface area (Å²) in [7, 11) is -3.77. The summed E-state index contributed by atoms with van der Waals surface area (Å²) in [5.41, 5.74) is 1.71. The Labute approximate surface area is 160 Å². The van der Waals surface area contributed by atoms with Gasteiger partial charge in [-0.25, -0.2) is 12.8 Å². The number of hydrogen-bond acceptors (Lipinski definition) is 4. The standard InChI is InChI=1S/C18H18BrFN2O3S/c19-11-1-6-16-15(9-11)18-14(17(10-23)21-16)7-8-22(18)26(24,25)13-4-2-12(20)3-5-13/h1-6,9,14,17-18,21,23H,7-8,10H2/t14-,17+,18-/m1/s1. The first-order valence-corrected chi connectivity index (χ1v) is 10.6. The largest absolute Gasteiger partial charge is 0.394 e. The number of sulfonamides is 1. The SMILES string of the molecule is O=S(=O)(c1ccc(F)cc1)N1CC[C@@H]2[C@H](CO)Nc3ccc(Br)cc3[C@@H]21. The van der Waals surface area contributed by atoms with Gasteiger partial charge in [0.15, 0.2) is 0 Å². The number of hydrogen-bond donors (Lipinski definition) is 2. The van der Waals surface area contributed by atoms with Gasteiger partial charge < -0.3 is 10.4 Å². The molecule has 4 rings (SSSR count). The third kappa shape index (κ3) is 2.85. The second-order valence-electron chi connectivity index (χ2n) is 6.63. The third-order valence-corrected chi connectivity index (χ3v) is 7.59. The van der Waals surface area contributed by atoms with Crippen LogP contribution in [0.3, 0.4) is 0 Å². The Morgan fingerprint density at radius 3 is 2.65 bits per heavy atom. The van der Waals surface area contributed by atoms with Gasteiger partial charge in [-0.3, -0.25) is 0 Å². The van der Waals surface area contributed by atoms with Gasteiger partial charge in [0, 0.05) is 22.6 Å². The highest BCUT2D eigenvalue weighted by molar-refractivity contribution is 9.10. The van der Waals surface area contributed by atoms with E-state index in [0.717, 1.165) is 27.9 Å². The van der Waals surface area contributed by atoms with Crippen molar-refractivity contribution in [1.29, 1.82) is 0 Å². The van der Waals surface area contributed by atoms with Gasteiger partial charge >= 0.3 is 0 Å². The lowest BCUT2D eigenvalue weighted by molar-refractivity contribution is 0.210. The molecular weight excluding hydrogens is 423 g/mol. The number of aliphatic hydroxyl groups is 1. The number of nitrogens with one attached hydrogen (secondary N) is 1. The fourth-order valence-corrected chi connectivity index (χ4v) is 6.05. The maximum absolute atomic E-state index is 13.2. The minimum absolute atomic E-state index is 0.0305. The number of halogens is 2. The Morgan fingerprint density at radius 2 is 1.96 bits per heavy atom. The molecule has 0 unspecified atom stereocenters. The van der Waals surface area contributed by atoms with Gasteiger partial charge in [-0.05, 0) is 54.4 Å². The molecule has 2 heterocycles. The van der Waals surface area contributed by atoms with Crippen molar-refractivity contribution in [3.63, 3.8) is 0 Å². The highest BCUT2D eigenvalue weighted by atomic mass is 79.9. The lowest BCUT2D eigenvalue weighted by atomic mass is 9.84. The lowest BCUT2D eigenvalue weighted by Gasteiger charge is -2.38. The smallest absolute Gasteiger partial charge is 0.243 e. The number of aliphatic hydroxyl groups excluding tert-OH is 1. The minimum Gasteiger partial charge on any atom is -0.394 e. The molecule has 8 heteroatoms. The molecule has 26 heavy (non-hydrogen) atoms. The first-order chi connectivity index (χ1) is 12.4. The Kier molecular flexibility index (Phi) is 4.54. The van der Waals surface area contributed by atoms with Crippen LogP contribution in [0.15, 0.2) is 51.8 Å². The topological polar surface area (TPSA) is 69.6 Å². The zero-order valence-corrected chi connectivity index (χ0v) is 16.2. The summed E-state index contributed by atoms with van der Waals surface area (Å²) in [4.78, 5) is 0.0789. The molecule has 5 nitrogen and oxygen atoms in total. The molecule has 0 bridgehead atoms. The van der Waals surface area contributed by atoms with Gasteiger partial charge in [0.05, 0.1) is 23.6 Å². The summed E-state index contributed by atoms with van der Waals surface area (Å²) in [5.74, 6) is -0.503. The summed E-state index contributed by atoms with van der Waals surface area (Å²) >= 11 is 3.46. The summed E-state index contributed by atoms with van der Waals surface area (Å²) < 4.78 is 42.0. The summed E-state index contributed by atoms with van der Waals surface area (Å²) in [5, 5.41) is 13.1. The van der Waals surface area contributed by atoms with E-state index in [1.54, 1.807) is 0 Å². The molecule has 3 atom stereocenters. The third-order valence-electron chi connectivity index (χ3n) is 5.21. The fourth-order valence-electron chi connectivity index (χ4n) is 4.00. The molecule has 0 aromatic heterocycles. The molecule has 2 aliphatic heterocycles. The fraction of sp³-hybridized carbons (Fsp3) is 0.333. The molecule has 2 N–H and O–H groups in total. The van der Waals surface area contributed by atoms with Crippen molar-refractivity contribution in [3.05, 3.63) is 58.3 Å². The first kappa shape index (κ1) is 17.9. The zero-order chi connectivity index (χ0) is 18.5. The van der Waals surface area contributed by atoms with Crippen LogP contribution in [0.5, 0.6) is 0 Å². The number of anilines is 1. The van der Waals surface area contributed by atoms with Crippen LogP contribution >= 0.6 is 15.9 Å². The van der Waals surface area contributed by atoms with E-state index in [1.807, 2.05) is 18.2 Å². The second kappa shape index (κ2) is 6.60. The van der Waals surface area contributed by atoms with Gasteiger partial charge in [0.1, 0.15) is 5.82 Å². The van der Waals surface area contributed by atoms with Gasteiger partial charge in [0.25, 0.3) is 0 Å². The van der Waals surface area contributed by atoms with Gasteiger partial charge in [0.2, 0.25) is 10.0 Å². The average Bonchev–Trinajstić information content (AvgIpc) is 3.08. The van der Waals surface area contributed by atoms with Crippen molar-refractivity contribution in [2.45, 2.75) is 23.4 Å². The second-order valence-corrected chi connectivity index (χ2v) is 9.44. The predicted molar refractivity (Wildman–Crippen MR) is 99.8 cm³/mol.